The first-order chi connectivity index (χ1) is 16.8. The van der Waals surface area contributed by atoms with Crippen molar-refractivity contribution in [3.8, 4) is 5.75 Å². The second kappa shape index (κ2) is 10.5. The van der Waals surface area contributed by atoms with E-state index in [0.717, 1.165) is 37.8 Å². The molecule has 0 N–H and O–H groups in total. The number of hydrogen-bond donors (Lipinski definition) is 0. The van der Waals surface area contributed by atoms with Crippen LogP contribution in [0.5, 0.6) is 5.75 Å². The molecular weight excluding hydrogens is 424 g/mol. The first-order valence-electron chi connectivity index (χ1n) is 11.9. The van der Waals surface area contributed by atoms with Gasteiger partial charge in [-0.25, -0.2) is 4.68 Å². The molecule has 1 aliphatic heterocycles. The van der Waals surface area contributed by atoms with Crippen molar-refractivity contribution in [3.05, 3.63) is 102 Å². The molecule has 34 heavy (non-hydrogen) atoms. The number of ether oxygens (including phenoxy) is 1. The van der Waals surface area contributed by atoms with Crippen LogP contribution in [0.1, 0.15) is 29.9 Å². The van der Waals surface area contributed by atoms with E-state index in [4.69, 9.17) is 4.74 Å². The molecule has 174 valence electrons. The van der Waals surface area contributed by atoms with Gasteiger partial charge in [-0.3, -0.25) is 4.90 Å². The summed E-state index contributed by atoms with van der Waals surface area (Å²) in [5.41, 5.74) is 3.62. The maximum Gasteiger partial charge on any atom is 0.173 e. The minimum absolute atomic E-state index is 0.0349. The van der Waals surface area contributed by atoms with Crippen LogP contribution < -0.4 is 9.64 Å². The van der Waals surface area contributed by atoms with Gasteiger partial charge in [0.2, 0.25) is 0 Å². The number of aromatic nitrogens is 4. The van der Waals surface area contributed by atoms with Gasteiger partial charge in [0.25, 0.3) is 0 Å². The lowest BCUT2D eigenvalue weighted by molar-refractivity contribution is 0.201. The number of para-hydroxylation sites is 1. The number of rotatable bonds is 8. The molecule has 1 atom stereocenters. The Balaban J connectivity index is 1.43. The number of hydrogen-bond acceptors (Lipinski definition) is 6. The second-order valence-electron chi connectivity index (χ2n) is 8.44. The van der Waals surface area contributed by atoms with Crippen LogP contribution in [0.2, 0.25) is 0 Å². The van der Waals surface area contributed by atoms with Crippen molar-refractivity contribution in [2.24, 2.45) is 0 Å². The third-order valence-electron chi connectivity index (χ3n) is 6.29. The molecule has 7 nitrogen and oxygen atoms in total. The van der Waals surface area contributed by atoms with E-state index in [-0.39, 0.29) is 6.04 Å². The zero-order valence-corrected chi connectivity index (χ0v) is 19.5. The standard InChI is InChI=1S/C27H30N6O/c1-2-34-25-15-13-23(14-16-25)26(27-28-29-30-33(27)21-22-9-5-3-6-10-22)32-19-17-31(18-20-32)24-11-7-4-8-12-24/h3-16,26H,2,17-21H2,1H3. The van der Waals surface area contributed by atoms with E-state index in [0.29, 0.717) is 13.2 Å². The maximum absolute atomic E-state index is 5.68. The van der Waals surface area contributed by atoms with Gasteiger partial charge in [-0.2, -0.15) is 0 Å². The molecule has 0 radical (unpaired) electrons. The van der Waals surface area contributed by atoms with Crippen molar-refractivity contribution in [1.29, 1.82) is 0 Å². The molecule has 1 unspecified atom stereocenters. The zero-order valence-electron chi connectivity index (χ0n) is 19.5. The number of piperazine rings is 1. The van der Waals surface area contributed by atoms with E-state index in [9.17, 15) is 0 Å². The lowest BCUT2D eigenvalue weighted by Crippen LogP contribution is -2.48. The molecule has 0 saturated carbocycles. The first-order valence-corrected chi connectivity index (χ1v) is 11.9. The van der Waals surface area contributed by atoms with Crippen LogP contribution in [-0.2, 0) is 6.54 Å². The Labute approximate surface area is 200 Å². The molecule has 2 heterocycles. The van der Waals surface area contributed by atoms with Crippen LogP contribution in [0.25, 0.3) is 0 Å². The lowest BCUT2D eigenvalue weighted by Gasteiger charge is -2.40. The van der Waals surface area contributed by atoms with Gasteiger partial charge in [0, 0.05) is 31.9 Å². The first kappa shape index (κ1) is 22.1. The minimum Gasteiger partial charge on any atom is -0.494 e. The van der Waals surface area contributed by atoms with E-state index in [2.05, 4.69) is 79.9 Å². The summed E-state index contributed by atoms with van der Waals surface area (Å²) in [5, 5.41) is 12.9. The van der Waals surface area contributed by atoms with Crippen molar-refractivity contribution in [3.63, 3.8) is 0 Å². The summed E-state index contributed by atoms with van der Waals surface area (Å²) >= 11 is 0. The molecule has 5 rings (SSSR count). The second-order valence-corrected chi connectivity index (χ2v) is 8.44. The molecular formula is C27H30N6O. The van der Waals surface area contributed by atoms with Gasteiger partial charge < -0.3 is 9.64 Å². The Bertz CT molecular complexity index is 1150. The van der Waals surface area contributed by atoms with Crippen LogP contribution in [0.4, 0.5) is 5.69 Å². The average Bonchev–Trinajstić information content (AvgIpc) is 3.34. The summed E-state index contributed by atoms with van der Waals surface area (Å²) < 4.78 is 7.61. The Morgan fingerprint density at radius 1 is 0.824 bits per heavy atom. The van der Waals surface area contributed by atoms with Crippen molar-refractivity contribution in [2.75, 3.05) is 37.7 Å². The van der Waals surface area contributed by atoms with Crippen molar-refractivity contribution in [2.45, 2.75) is 19.5 Å². The molecule has 1 aliphatic rings. The third-order valence-corrected chi connectivity index (χ3v) is 6.29. The topological polar surface area (TPSA) is 59.3 Å². The zero-order chi connectivity index (χ0) is 23.2. The van der Waals surface area contributed by atoms with Crippen LogP contribution in [0, 0.1) is 0 Å². The fourth-order valence-corrected chi connectivity index (χ4v) is 4.59. The number of tetrazole rings is 1. The van der Waals surface area contributed by atoms with E-state index in [1.807, 2.05) is 41.9 Å². The van der Waals surface area contributed by atoms with Gasteiger partial charge in [-0.1, -0.05) is 60.7 Å². The molecule has 1 aromatic heterocycles. The van der Waals surface area contributed by atoms with Gasteiger partial charge in [-0.15, -0.1) is 5.10 Å². The Hall–Kier alpha value is -3.71. The van der Waals surface area contributed by atoms with Gasteiger partial charge in [0.05, 0.1) is 19.2 Å². The minimum atomic E-state index is -0.0349. The normalized spacial score (nSPS) is 15.3. The van der Waals surface area contributed by atoms with E-state index < -0.39 is 0 Å². The molecule has 0 aliphatic carbocycles. The quantitative estimate of drug-likeness (QED) is 0.401. The Morgan fingerprint density at radius 2 is 1.50 bits per heavy atom. The predicted octanol–water partition coefficient (Wildman–Crippen LogP) is 4.03. The summed E-state index contributed by atoms with van der Waals surface area (Å²) in [7, 11) is 0. The SMILES string of the molecule is CCOc1ccc(C(c2nnnn2Cc2ccccc2)N2CCN(c3ccccc3)CC2)cc1. The molecule has 0 spiro atoms. The summed E-state index contributed by atoms with van der Waals surface area (Å²) in [6, 6.07) is 29.3. The van der Waals surface area contributed by atoms with Gasteiger partial charge in [0.1, 0.15) is 5.75 Å². The van der Waals surface area contributed by atoms with E-state index >= 15 is 0 Å². The monoisotopic (exact) mass is 454 g/mol. The van der Waals surface area contributed by atoms with Crippen LogP contribution in [-0.4, -0.2) is 57.9 Å². The van der Waals surface area contributed by atoms with Crippen LogP contribution in [0.15, 0.2) is 84.9 Å². The largest absolute Gasteiger partial charge is 0.494 e. The van der Waals surface area contributed by atoms with Crippen molar-refractivity contribution in [1.82, 2.24) is 25.1 Å². The molecule has 0 amide bonds. The summed E-state index contributed by atoms with van der Waals surface area (Å²) in [4.78, 5) is 4.93. The van der Waals surface area contributed by atoms with Crippen molar-refractivity contribution >= 4 is 5.69 Å². The smallest absolute Gasteiger partial charge is 0.173 e. The average molecular weight is 455 g/mol. The number of anilines is 1. The fraction of sp³-hybridized carbons (Fsp3) is 0.296. The van der Waals surface area contributed by atoms with E-state index in [1.165, 1.54) is 16.8 Å². The highest BCUT2D eigenvalue weighted by Gasteiger charge is 2.30. The molecule has 1 saturated heterocycles. The maximum atomic E-state index is 5.68. The van der Waals surface area contributed by atoms with Crippen LogP contribution >= 0.6 is 0 Å². The van der Waals surface area contributed by atoms with E-state index in [1.54, 1.807) is 0 Å². The van der Waals surface area contributed by atoms with Gasteiger partial charge in [-0.05, 0) is 52.7 Å². The summed E-state index contributed by atoms with van der Waals surface area (Å²) in [5.74, 6) is 1.74. The Morgan fingerprint density at radius 3 is 2.18 bits per heavy atom. The molecule has 1 fully saturated rings. The lowest BCUT2D eigenvalue weighted by atomic mass is 10.0. The number of nitrogens with zero attached hydrogens (tertiary/aromatic N) is 6. The molecule has 7 heteroatoms. The highest BCUT2D eigenvalue weighted by atomic mass is 16.5. The van der Waals surface area contributed by atoms with Crippen LogP contribution in [0.3, 0.4) is 0 Å². The highest BCUT2D eigenvalue weighted by molar-refractivity contribution is 5.46. The molecule has 4 aromatic rings. The number of benzene rings is 3. The summed E-state index contributed by atoms with van der Waals surface area (Å²) in [6.45, 7) is 7.05. The molecule has 3 aromatic carbocycles. The van der Waals surface area contributed by atoms with Gasteiger partial charge in [0.15, 0.2) is 5.82 Å². The van der Waals surface area contributed by atoms with Crippen molar-refractivity contribution < 1.29 is 4.74 Å². The fourth-order valence-electron chi connectivity index (χ4n) is 4.59. The predicted molar refractivity (Wildman–Crippen MR) is 133 cm³/mol. The Kier molecular flexibility index (Phi) is 6.81. The molecule has 0 bridgehead atoms. The summed E-state index contributed by atoms with van der Waals surface area (Å²) in [6.07, 6.45) is 0. The highest BCUT2D eigenvalue weighted by Crippen LogP contribution is 2.30. The third kappa shape index (κ3) is 4.94. The van der Waals surface area contributed by atoms with Gasteiger partial charge >= 0.3 is 0 Å².